The molecule has 4 aliphatic carbocycles. The highest BCUT2D eigenvalue weighted by molar-refractivity contribution is 8.00. The van der Waals surface area contributed by atoms with Crippen LogP contribution in [0.4, 0.5) is 17.1 Å². The molecule has 2 heterocycles. The summed E-state index contributed by atoms with van der Waals surface area (Å²) in [5, 5.41) is 5.64. The quantitative estimate of drug-likeness (QED) is 0.181. The highest BCUT2D eigenvalue weighted by atomic mass is 32.2. The van der Waals surface area contributed by atoms with Crippen molar-refractivity contribution in [3.05, 3.63) is 203 Å². The number of thioether (sulfide) groups is 1. The second kappa shape index (κ2) is 11.2. The number of anilines is 3. The molecule has 3 atom stereocenters. The highest BCUT2D eigenvalue weighted by Gasteiger charge is 2.36. The van der Waals surface area contributed by atoms with Gasteiger partial charge in [-0.1, -0.05) is 121 Å². The fraction of sp³-hybridized carbons (Fsp3) is 0.0800. The predicted octanol–water partition coefficient (Wildman–Crippen LogP) is 11.3. The van der Waals surface area contributed by atoms with Crippen molar-refractivity contribution < 1.29 is 0 Å². The second-order valence-electron chi connectivity index (χ2n) is 14.7. The molecule has 0 radical (unpaired) electrons. The lowest BCUT2D eigenvalue weighted by atomic mass is 9.81. The van der Waals surface area contributed by atoms with Crippen molar-refractivity contribution >= 4 is 67.9 Å². The van der Waals surface area contributed by atoms with Crippen LogP contribution in [0.25, 0.3) is 44.7 Å². The van der Waals surface area contributed by atoms with Crippen molar-refractivity contribution in [1.29, 1.82) is 0 Å². The Labute approximate surface area is 312 Å². The maximum atomic E-state index is 2.53. The maximum absolute atomic E-state index is 2.53. The van der Waals surface area contributed by atoms with Crippen LogP contribution in [0.3, 0.4) is 0 Å². The van der Waals surface area contributed by atoms with Crippen molar-refractivity contribution in [2.75, 3.05) is 4.90 Å². The molecule has 3 unspecified atom stereocenters. The number of hydrogen-bond acceptors (Lipinski definition) is 2. The molecule has 0 saturated carbocycles. The van der Waals surface area contributed by atoms with E-state index < -0.39 is 0 Å². The van der Waals surface area contributed by atoms with Gasteiger partial charge in [0.25, 0.3) is 0 Å². The molecule has 12 rings (SSSR count). The lowest BCUT2D eigenvalue weighted by Crippen LogP contribution is -2.33. The van der Waals surface area contributed by atoms with E-state index in [0.29, 0.717) is 17.1 Å². The lowest BCUT2D eigenvalue weighted by Gasteiger charge is -2.28. The van der Waals surface area contributed by atoms with Gasteiger partial charge < -0.3 is 9.47 Å². The van der Waals surface area contributed by atoms with Gasteiger partial charge in [0.05, 0.1) is 16.7 Å². The normalized spacial score (nSPS) is 19.9. The first kappa shape index (κ1) is 29.5. The minimum absolute atomic E-state index is 0.389. The zero-order valence-corrected chi connectivity index (χ0v) is 29.8. The van der Waals surface area contributed by atoms with Gasteiger partial charge in [0.15, 0.2) is 0 Å². The molecule has 0 fully saturated rings. The van der Waals surface area contributed by atoms with Crippen LogP contribution in [0.5, 0.6) is 0 Å². The Hall–Kier alpha value is -6.03. The van der Waals surface area contributed by atoms with Crippen molar-refractivity contribution in [1.82, 2.24) is 4.57 Å². The molecular weight excluding hydrogens is 661 g/mol. The lowest BCUT2D eigenvalue weighted by molar-refractivity contribution is 0.831. The third kappa shape index (κ3) is 4.23. The zero-order chi connectivity index (χ0) is 34.6. The Morgan fingerprint density at radius 2 is 1.47 bits per heavy atom. The summed E-state index contributed by atoms with van der Waals surface area (Å²) in [6.45, 7) is 0. The Bertz CT molecular complexity index is 2970. The van der Waals surface area contributed by atoms with Gasteiger partial charge in [-0.15, -0.1) is 11.8 Å². The summed E-state index contributed by atoms with van der Waals surface area (Å²) in [6.07, 6.45) is 17.5. The highest BCUT2D eigenvalue weighted by Crippen LogP contribution is 2.55. The van der Waals surface area contributed by atoms with E-state index in [1.165, 1.54) is 93.3 Å². The molecule has 0 bridgehead atoms. The summed E-state index contributed by atoms with van der Waals surface area (Å²) < 4.78 is 2.40. The molecule has 6 aromatic carbocycles. The third-order valence-electron chi connectivity index (χ3n) is 11.9. The van der Waals surface area contributed by atoms with E-state index in [-0.39, 0.29) is 0 Å². The average Bonchev–Trinajstić information content (AvgIpc) is 3.87. The van der Waals surface area contributed by atoms with Gasteiger partial charge in [0.2, 0.25) is 0 Å². The van der Waals surface area contributed by atoms with Crippen LogP contribution in [0.2, 0.25) is 0 Å². The molecule has 1 aromatic heterocycles. The summed E-state index contributed by atoms with van der Waals surface area (Å²) >= 11 is 2.01. The number of aromatic nitrogens is 1. The molecule has 0 amide bonds. The van der Waals surface area contributed by atoms with Gasteiger partial charge in [-0.2, -0.15) is 0 Å². The van der Waals surface area contributed by atoms with Crippen molar-refractivity contribution in [3.63, 3.8) is 0 Å². The smallest absolute Gasteiger partial charge is 0.0600 e. The number of hydrogen-bond donors (Lipinski definition) is 0. The van der Waals surface area contributed by atoms with Crippen molar-refractivity contribution in [2.24, 2.45) is 5.92 Å². The first-order valence-electron chi connectivity index (χ1n) is 18.7. The summed E-state index contributed by atoms with van der Waals surface area (Å²) in [7, 11) is 0. The molecule has 0 N–H and O–H groups in total. The summed E-state index contributed by atoms with van der Waals surface area (Å²) in [6, 6.07) is 49.8. The molecule has 250 valence electrons. The Morgan fingerprint density at radius 1 is 0.660 bits per heavy atom. The first-order valence-corrected chi connectivity index (χ1v) is 19.6. The summed E-state index contributed by atoms with van der Waals surface area (Å²) in [5.41, 5.74) is 15.6. The molecule has 0 saturated heterocycles. The molecule has 0 spiro atoms. The fourth-order valence-corrected chi connectivity index (χ4v) is 11.1. The molecule has 7 aromatic rings. The van der Waals surface area contributed by atoms with Crippen LogP contribution >= 0.6 is 11.8 Å². The monoisotopic (exact) mass is 694 g/mol. The van der Waals surface area contributed by atoms with Gasteiger partial charge in [0, 0.05) is 49.8 Å². The van der Waals surface area contributed by atoms with E-state index in [1.807, 2.05) is 11.8 Å². The molecule has 5 aliphatic rings. The molecule has 2 nitrogen and oxygen atoms in total. The minimum Gasteiger partial charge on any atom is -0.309 e. The molecule has 53 heavy (non-hydrogen) atoms. The number of fused-ring (bicyclic) bond motifs is 10. The van der Waals surface area contributed by atoms with Crippen LogP contribution < -0.4 is 15.3 Å². The van der Waals surface area contributed by atoms with Gasteiger partial charge in [-0.3, -0.25) is 0 Å². The third-order valence-corrected chi connectivity index (χ3v) is 13.3. The topological polar surface area (TPSA) is 8.17 Å². The van der Waals surface area contributed by atoms with Crippen LogP contribution in [-0.4, -0.2) is 9.82 Å². The van der Waals surface area contributed by atoms with Crippen LogP contribution in [0.1, 0.15) is 29.0 Å². The van der Waals surface area contributed by atoms with E-state index >= 15 is 0 Å². The molecule has 3 heteroatoms. The SMILES string of the molecule is C1=CC2Sc3c(cccc3N(c3ccc4c(c3)C3=C5C4=c4ccccc4=CC5CC=C3)c3ccc4c(c3)c3ccccc3n4-c3ccccc3)C2C=C1. The predicted molar refractivity (Wildman–Crippen MR) is 223 cm³/mol. The van der Waals surface area contributed by atoms with E-state index in [4.69, 9.17) is 0 Å². The van der Waals surface area contributed by atoms with Crippen LogP contribution in [-0.2, 0) is 0 Å². The summed E-state index contributed by atoms with van der Waals surface area (Å²) in [5.74, 6) is 0.801. The van der Waals surface area contributed by atoms with E-state index in [2.05, 4.69) is 185 Å². The van der Waals surface area contributed by atoms with E-state index in [1.54, 1.807) is 0 Å². The largest absolute Gasteiger partial charge is 0.309 e. The first-order chi connectivity index (χ1) is 26.3. The van der Waals surface area contributed by atoms with E-state index in [0.717, 1.165) is 6.42 Å². The zero-order valence-electron chi connectivity index (χ0n) is 29.0. The van der Waals surface area contributed by atoms with Crippen molar-refractivity contribution in [2.45, 2.75) is 22.5 Å². The second-order valence-corrected chi connectivity index (χ2v) is 15.9. The van der Waals surface area contributed by atoms with E-state index in [9.17, 15) is 0 Å². The summed E-state index contributed by atoms with van der Waals surface area (Å²) in [4.78, 5) is 3.91. The maximum Gasteiger partial charge on any atom is 0.0600 e. The Morgan fingerprint density at radius 3 is 2.43 bits per heavy atom. The van der Waals surface area contributed by atoms with Gasteiger partial charge >= 0.3 is 0 Å². The minimum atomic E-state index is 0.389. The number of rotatable bonds is 4. The standard InChI is InChI=1S/C50H34N2S/c1-2-14-33(15-3-1)52-44-21-8-6-17-37(44)43-30-35(25-27-45(43)52)51(46-22-11-20-41-38-18-7-9-23-47(38)53-50(41)46)34-24-26-40-42(29-34)39-19-10-13-32-28-31-12-4-5-16-36(31)49(40)48(32)39/h1-12,14-30,32,38,47H,13H2. The number of para-hydroxylation sites is 2. The van der Waals surface area contributed by atoms with Gasteiger partial charge in [-0.25, -0.2) is 0 Å². The molecule has 1 aliphatic heterocycles. The van der Waals surface area contributed by atoms with Gasteiger partial charge in [-0.05, 0) is 105 Å². The van der Waals surface area contributed by atoms with Crippen LogP contribution in [0.15, 0.2) is 180 Å². The van der Waals surface area contributed by atoms with Crippen molar-refractivity contribution in [3.8, 4) is 5.69 Å². The Balaban J connectivity index is 1.11. The number of nitrogens with zero attached hydrogens (tertiary/aromatic N) is 2. The fourth-order valence-electron chi connectivity index (χ4n) is 9.69. The number of allylic oxidation sites excluding steroid dienone is 7. The Kier molecular flexibility index (Phi) is 6.26. The average molecular weight is 695 g/mol. The number of benzene rings is 6. The van der Waals surface area contributed by atoms with Gasteiger partial charge in [0.1, 0.15) is 0 Å². The molecular formula is C50H34N2S. The van der Waals surface area contributed by atoms with Crippen LogP contribution in [0, 0.1) is 5.92 Å².